The van der Waals surface area contributed by atoms with E-state index in [1.54, 1.807) is 20.3 Å². The average molecular weight is 1330 g/mol. The molecule has 2 aliphatic rings. The standard InChI is InChI=1S/C34H42N2O5.C24H29BrN2O.C10H15BO6.2CO2/c1-4-27-15-17-30-32(26-13-9-6-10-14-26)33(29-18-16-28(40-23-37-2)21-31(29)41-24-38-3)36(34(30)35-27)19-20-39-22-25-11-7-5-8-12-25;1-2-20-13-14-21-22(19-11-7-4-8-12-19)23(25)27(24(21)26-20)15-16-28-17-18-9-5-3-6-10-18;1-14-6-16-8-3-4-9(11(12)13)10(5-8)17-7-15-2;2*2-1-3/h5,7-8,11-12,15-18,21,26H,4,6,9-10,13-14,19-20,22-24H2,1-3H3;3,5-6,9-10,13-14,19H,2,4,7-8,11-12,15-17H2,1H3;3-5,12-13H,6-7H2,1-2H3;;. The number of rotatable bonds is 28. The summed E-state index contributed by atoms with van der Waals surface area (Å²) < 4.78 is 60.4. The Kier molecular flexibility index (Phi) is 32.8. The van der Waals surface area contributed by atoms with E-state index < -0.39 is 7.12 Å². The lowest BCUT2D eigenvalue weighted by atomic mass is 9.79. The molecule has 4 aromatic heterocycles. The van der Waals surface area contributed by atoms with E-state index in [4.69, 9.17) is 86.6 Å². The topological polar surface area (TPSA) is 237 Å². The molecule has 92 heavy (non-hydrogen) atoms. The number of benzene rings is 4. The normalized spacial score (nSPS) is 13.0. The second kappa shape index (κ2) is 41.1. The fourth-order valence-corrected chi connectivity index (χ4v) is 12.3. The number of aromatic nitrogens is 4. The van der Waals surface area contributed by atoms with Gasteiger partial charge in [0.15, 0.2) is 27.2 Å². The van der Waals surface area contributed by atoms with E-state index in [1.807, 2.05) is 36.4 Å². The summed E-state index contributed by atoms with van der Waals surface area (Å²) >= 11 is 3.94. The summed E-state index contributed by atoms with van der Waals surface area (Å²) in [6.07, 6.45) is 15.1. The molecule has 0 radical (unpaired) electrons. The Morgan fingerprint density at radius 1 is 0.522 bits per heavy atom. The number of halogens is 1. The fraction of sp³-hybridized carbons (Fsp3) is 0.429. The van der Waals surface area contributed by atoms with Gasteiger partial charge in [0.05, 0.1) is 36.7 Å². The second-order valence-electron chi connectivity index (χ2n) is 21.7. The highest BCUT2D eigenvalue weighted by molar-refractivity contribution is 9.10. The number of aryl methyl sites for hydroxylation is 2. The van der Waals surface area contributed by atoms with Gasteiger partial charge in [-0.25, -0.2) is 9.97 Å². The summed E-state index contributed by atoms with van der Waals surface area (Å²) in [7, 11) is 4.62. The van der Waals surface area contributed by atoms with Gasteiger partial charge in [0, 0.05) is 86.8 Å². The van der Waals surface area contributed by atoms with Crippen molar-refractivity contribution in [1.29, 1.82) is 0 Å². The molecule has 0 bridgehead atoms. The fourth-order valence-electron chi connectivity index (χ4n) is 11.4. The van der Waals surface area contributed by atoms with Crippen molar-refractivity contribution in [2.75, 3.05) is 68.8 Å². The van der Waals surface area contributed by atoms with Crippen LogP contribution in [-0.4, -0.2) is 117 Å². The summed E-state index contributed by atoms with van der Waals surface area (Å²) in [6.45, 7) is 8.71. The molecule has 4 aromatic carbocycles. The number of methoxy groups -OCH3 is 4. The molecule has 4 heterocycles. The van der Waals surface area contributed by atoms with Crippen molar-refractivity contribution in [3.8, 4) is 34.3 Å². The summed E-state index contributed by atoms with van der Waals surface area (Å²) in [5.74, 6) is 3.29. The Labute approximate surface area is 547 Å². The van der Waals surface area contributed by atoms with E-state index in [9.17, 15) is 0 Å². The summed E-state index contributed by atoms with van der Waals surface area (Å²) in [4.78, 5) is 42.7. The smallest absolute Gasteiger partial charge is 0.468 e. The van der Waals surface area contributed by atoms with Crippen molar-refractivity contribution in [2.24, 2.45) is 0 Å². The number of hydrogen-bond acceptors (Lipinski definition) is 18. The largest absolute Gasteiger partial charge is 0.492 e. The molecular weight excluding hydrogens is 1240 g/mol. The van der Waals surface area contributed by atoms with Gasteiger partial charge in [0.2, 0.25) is 0 Å². The van der Waals surface area contributed by atoms with Gasteiger partial charge in [-0.3, -0.25) is 0 Å². The maximum atomic E-state index is 9.14. The molecule has 0 aliphatic heterocycles. The van der Waals surface area contributed by atoms with Gasteiger partial charge in [-0.2, -0.15) is 19.2 Å². The number of pyridine rings is 2. The Morgan fingerprint density at radius 3 is 1.42 bits per heavy atom. The first-order valence-electron chi connectivity index (χ1n) is 31.1. The van der Waals surface area contributed by atoms with Crippen molar-refractivity contribution in [1.82, 2.24) is 19.1 Å². The molecule has 0 saturated heterocycles. The Bertz CT molecular complexity index is 3500. The Morgan fingerprint density at radius 2 is 0.946 bits per heavy atom. The first-order chi connectivity index (χ1) is 45.0. The van der Waals surface area contributed by atoms with Gasteiger partial charge in [-0.05, 0) is 131 Å². The molecule has 492 valence electrons. The van der Waals surface area contributed by atoms with Crippen molar-refractivity contribution < 1.29 is 76.6 Å². The third-order valence-electron chi connectivity index (χ3n) is 15.7. The molecule has 0 spiro atoms. The van der Waals surface area contributed by atoms with Crippen LogP contribution >= 0.6 is 15.9 Å². The number of hydrogen-bond donors (Lipinski definition) is 2. The molecule has 10 rings (SSSR count). The molecular formula is C70H86BBrN4O16. The van der Waals surface area contributed by atoms with E-state index in [0.717, 1.165) is 53.3 Å². The summed E-state index contributed by atoms with van der Waals surface area (Å²) in [5, 5.41) is 20.8. The lowest BCUT2D eigenvalue weighted by molar-refractivity contribution is -0.193. The third kappa shape index (κ3) is 21.8. The van der Waals surface area contributed by atoms with Gasteiger partial charge < -0.3 is 66.6 Å². The van der Waals surface area contributed by atoms with Crippen LogP contribution in [0, 0.1) is 0 Å². The van der Waals surface area contributed by atoms with Crippen LogP contribution in [0.25, 0.3) is 33.3 Å². The van der Waals surface area contributed by atoms with Crippen LogP contribution in [0.3, 0.4) is 0 Å². The predicted octanol–water partition coefficient (Wildman–Crippen LogP) is 12.3. The first kappa shape index (κ1) is 73.5. The van der Waals surface area contributed by atoms with Crippen LogP contribution in [0.15, 0.2) is 126 Å². The zero-order valence-electron chi connectivity index (χ0n) is 53.6. The SMILES string of the molecule is CCc1ccc2c(C3CCCCC3)c(-c3ccc(OCOC)cc3OCOC)n(CCOCc3ccccc3)c2n1.CCc1ccc2c(C3CCCCC3)c(Br)n(CCOCc3ccccc3)c2n1.COCOc1ccc(B(O)O)c(OCOC)c1.O=C=O.O=C=O. The molecule has 0 unspecified atom stereocenters. The highest BCUT2D eigenvalue weighted by Crippen LogP contribution is 2.47. The van der Waals surface area contributed by atoms with Crippen LogP contribution in [0.2, 0.25) is 0 Å². The van der Waals surface area contributed by atoms with E-state index in [-0.39, 0.29) is 50.7 Å². The monoisotopic (exact) mass is 1330 g/mol. The second-order valence-corrected chi connectivity index (χ2v) is 22.4. The molecule has 2 aliphatic carbocycles. The molecule has 0 atom stereocenters. The van der Waals surface area contributed by atoms with Crippen LogP contribution in [-0.2, 0) is 86.7 Å². The minimum atomic E-state index is -1.61. The van der Waals surface area contributed by atoms with Gasteiger partial charge >= 0.3 is 19.4 Å². The van der Waals surface area contributed by atoms with Crippen molar-refractivity contribution in [3.05, 3.63) is 160 Å². The number of ether oxygens (including phenoxy) is 10. The quantitative estimate of drug-likeness (QED) is 0.0263. The minimum Gasteiger partial charge on any atom is -0.468 e. The van der Waals surface area contributed by atoms with Crippen LogP contribution in [0.1, 0.15) is 124 Å². The number of fused-ring (bicyclic) bond motifs is 2. The van der Waals surface area contributed by atoms with Crippen LogP contribution < -0.4 is 24.4 Å². The van der Waals surface area contributed by atoms with Crippen LogP contribution in [0.4, 0.5) is 0 Å². The van der Waals surface area contributed by atoms with Gasteiger partial charge in [0.1, 0.15) is 34.3 Å². The van der Waals surface area contributed by atoms with Crippen molar-refractivity contribution >= 4 is 62.9 Å². The molecule has 2 saturated carbocycles. The zero-order valence-corrected chi connectivity index (χ0v) is 55.2. The van der Waals surface area contributed by atoms with E-state index in [2.05, 4.69) is 106 Å². The van der Waals surface area contributed by atoms with Gasteiger partial charge in [-0.1, -0.05) is 119 Å². The number of nitrogens with zero attached hydrogens (tertiary/aromatic N) is 4. The van der Waals surface area contributed by atoms with E-state index >= 15 is 0 Å². The minimum absolute atomic E-state index is 0.00739. The lowest BCUT2D eigenvalue weighted by Gasteiger charge is -2.24. The lowest BCUT2D eigenvalue weighted by Crippen LogP contribution is -2.31. The zero-order chi connectivity index (χ0) is 65.9. The molecule has 2 fully saturated rings. The van der Waals surface area contributed by atoms with Crippen LogP contribution in [0.5, 0.6) is 23.0 Å². The van der Waals surface area contributed by atoms with Gasteiger partial charge in [-0.15, -0.1) is 0 Å². The Balaban J connectivity index is 0.000000227. The molecule has 2 N–H and O–H groups in total. The average Bonchev–Trinajstić information content (AvgIpc) is 1.60. The highest BCUT2D eigenvalue weighted by atomic mass is 79.9. The summed E-state index contributed by atoms with van der Waals surface area (Å²) in [5.41, 5.74) is 12.0. The predicted molar refractivity (Wildman–Crippen MR) is 352 cm³/mol. The van der Waals surface area contributed by atoms with E-state index in [0.29, 0.717) is 62.1 Å². The first-order valence-corrected chi connectivity index (χ1v) is 31.8. The molecule has 8 aromatic rings. The van der Waals surface area contributed by atoms with Gasteiger partial charge in [0.25, 0.3) is 0 Å². The number of carbonyl (C=O) groups excluding carboxylic acids is 4. The van der Waals surface area contributed by atoms with Crippen molar-refractivity contribution in [2.45, 2.75) is 129 Å². The maximum absolute atomic E-state index is 9.14. The Hall–Kier alpha value is -7.56. The molecule has 20 nitrogen and oxygen atoms in total. The highest BCUT2D eigenvalue weighted by Gasteiger charge is 2.30. The van der Waals surface area contributed by atoms with E-state index in [1.165, 1.54) is 128 Å². The third-order valence-corrected chi connectivity index (χ3v) is 16.5. The maximum Gasteiger partial charge on any atom is 0.492 e. The molecule has 0 amide bonds. The summed E-state index contributed by atoms with van der Waals surface area (Å²) in [6, 6.07) is 40.3. The van der Waals surface area contributed by atoms with Crippen molar-refractivity contribution in [3.63, 3.8) is 0 Å². The molecule has 22 heteroatoms.